The lowest BCUT2D eigenvalue weighted by molar-refractivity contribution is -0.111. The van der Waals surface area contributed by atoms with Gasteiger partial charge < -0.3 is 14.8 Å². The highest BCUT2D eigenvalue weighted by Crippen LogP contribution is 2.20. The minimum absolute atomic E-state index is 0.209. The number of hydrogen-bond acceptors (Lipinski definition) is 3. The number of nitrogens with one attached hydrogen (secondary N) is 1. The molecule has 0 atom stereocenters. The molecule has 22 heavy (non-hydrogen) atoms. The Morgan fingerprint density at radius 2 is 2.00 bits per heavy atom. The van der Waals surface area contributed by atoms with Crippen molar-refractivity contribution >= 4 is 17.7 Å². The Hall–Kier alpha value is -2.75. The van der Waals surface area contributed by atoms with Gasteiger partial charge in [0.05, 0.1) is 13.7 Å². The highest BCUT2D eigenvalue weighted by molar-refractivity contribution is 6.02. The third-order valence-corrected chi connectivity index (χ3v) is 2.97. The van der Waals surface area contributed by atoms with Crippen molar-refractivity contribution in [2.75, 3.05) is 19.0 Å². The molecule has 0 unspecified atom stereocenters. The average Bonchev–Trinajstić information content (AvgIpc) is 2.54. The van der Waals surface area contributed by atoms with Crippen LogP contribution in [0.25, 0.3) is 6.08 Å². The number of anilines is 1. The Bertz CT molecular complexity index is 665. The maximum atomic E-state index is 12.0. The van der Waals surface area contributed by atoms with Crippen molar-refractivity contribution in [1.29, 1.82) is 0 Å². The van der Waals surface area contributed by atoms with Gasteiger partial charge in [0, 0.05) is 23.4 Å². The normalized spacial score (nSPS) is 10.5. The fourth-order valence-corrected chi connectivity index (χ4v) is 1.96. The predicted molar refractivity (Wildman–Crippen MR) is 88.3 cm³/mol. The van der Waals surface area contributed by atoms with E-state index in [9.17, 15) is 4.79 Å². The largest absolute Gasteiger partial charge is 0.497 e. The van der Waals surface area contributed by atoms with E-state index in [2.05, 4.69) is 5.32 Å². The van der Waals surface area contributed by atoms with Crippen LogP contribution in [0, 0.1) is 0 Å². The van der Waals surface area contributed by atoms with Crippen LogP contribution < -0.4 is 14.8 Å². The molecule has 2 rings (SSSR count). The molecule has 4 heteroatoms. The number of carbonyl (C=O) groups excluding carboxylic acids is 1. The van der Waals surface area contributed by atoms with Gasteiger partial charge in [-0.2, -0.15) is 0 Å². The average molecular weight is 297 g/mol. The molecule has 0 aliphatic rings. The molecule has 0 aliphatic heterocycles. The summed E-state index contributed by atoms with van der Waals surface area (Å²) >= 11 is 0. The van der Waals surface area contributed by atoms with E-state index < -0.39 is 0 Å². The second-order valence-electron chi connectivity index (χ2n) is 4.53. The molecule has 1 amide bonds. The molecule has 2 aromatic carbocycles. The zero-order chi connectivity index (χ0) is 15.8. The van der Waals surface area contributed by atoms with Gasteiger partial charge in [-0.1, -0.05) is 24.3 Å². The summed E-state index contributed by atoms with van der Waals surface area (Å²) in [7, 11) is 1.59. The minimum Gasteiger partial charge on any atom is -0.497 e. The van der Waals surface area contributed by atoms with Gasteiger partial charge in [0.25, 0.3) is 0 Å². The van der Waals surface area contributed by atoms with E-state index >= 15 is 0 Å². The Morgan fingerprint density at radius 1 is 1.18 bits per heavy atom. The zero-order valence-electron chi connectivity index (χ0n) is 12.7. The number of amides is 1. The molecule has 0 radical (unpaired) electrons. The lowest BCUT2D eigenvalue weighted by Crippen LogP contribution is -2.07. The highest BCUT2D eigenvalue weighted by Gasteiger charge is 2.02. The molecule has 114 valence electrons. The van der Waals surface area contributed by atoms with Gasteiger partial charge in [0.2, 0.25) is 5.91 Å². The van der Waals surface area contributed by atoms with Gasteiger partial charge in [-0.05, 0) is 31.2 Å². The summed E-state index contributed by atoms with van der Waals surface area (Å²) < 4.78 is 10.6. The summed E-state index contributed by atoms with van der Waals surface area (Å²) in [5.41, 5.74) is 1.55. The van der Waals surface area contributed by atoms with Gasteiger partial charge in [-0.25, -0.2) is 0 Å². The number of benzene rings is 2. The second kappa shape index (κ2) is 7.88. The van der Waals surface area contributed by atoms with Crippen molar-refractivity contribution < 1.29 is 14.3 Å². The second-order valence-corrected chi connectivity index (χ2v) is 4.53. The first-order valence-electron chi connectivity index (χ1n) is 7.08. The molecule has 0 aromatic heterocycles. The monoisotopic (exact) mass is 297 g/mol. The third kappa shape index (κ3) is 4.38. The molecule has 2 aromatic rings. The SMILES string of the molecule is CCOc1ccccc1/C=C/C(=O)Nc1cccc(OC)c1. The Kier molecular flexibility index (Phi) is 5.60. The molecule has 0 spiro atoms. The van der Waals surface area contributed by atoms with Gasteiger partial charge in [-0.3, -0.25) is 4.79 Å². The Morgan fingerprint density at radius 3 is 2.77 bits per heavy atom. The molecule has 0 saturated heterocycles. The summed E-state index contributed by atoms with van der Waals surface area (Å²) in [5.74, 6) is 1.25. The first kappa shape index (κ1) is 15.6. The van der Waals surface area contributed by atoms with Crippen molar-refractivity contribution in [2.45, 2.75) is 6.92 Å². The molecular formula is C18H19NO3. The van der Waals surface area contributed by atoms with E-state index in [1.165, 1.54) is 6.08 Å². The van der Waals surface area contributed by atoms with Crippen LogP contribution in [0.2, 0.25) is 0 Å². The summed E-state index contributed by atoms with van der Waals surface area (Å²) in [6, 6.07) is 14.8. The van der Waals surface area contributed by atoms with Crippen LogP contribution in [0.1, 0.15) is 12.5 Å². The standard InChI is InChI=1S/C18H19NO3/c1-3-22-17-10-5-4-7-14(17)11-12-18(20)19-15-8-6-9-16(13-15)21-2/h4-13H,3H2,1-2H3,(H,19,20)/b12-11+. The van der Waals surface area contributed by atoms with E-state index in [0.717, 1.165) is 11.3 Å². The van der Waals surface area contributed by atoms with Crippen molar-refractivity contribution in [3.8, 4) is 11.5 Å². The van der Waals surface area contributed by atoms with Crippen LogP contribution in [0.3, 0.4) is 0 Å². The topological polar surface area (TPSA) is 47.6 Å². The first-order chi connectivity index (χ1) is 10.7. The summed E-state index contributed by atoms with van der Waals surface area (Å²) in [6.07, 6.45) is 3.22. The van der Waals surface area contributed by atoms with E-state index in [-0.39, 0.29) is 5.91 Å². The van der Waals surface area contributed by atoms with Crippen molar-refractivity contribution in [1.82, 2.24) is 0 Å². The molecule has 0 aliphatic carbocycles. The van der Waals surface area contributed by atoms with Gasteiger partial charge >= 0.3 is 0 Å². The fourth-order valence-electron chi connectivity index (χ4n) is 1.96. The van der Waals surface area contributed by atoms with Crippen molar-refractivity contribution in [2.24, 2.45) is 0 Å². The maximum Gasteiger partial charge on any atom is 0.248 e. The fraction of sp³-hybridized carbons (Fsp3) is 0.167. The molecular weight excluding hydrogens is 278 g/mol. The summed E-state index contributed by atoms with van der Waals surface area (Å²) in [6.45, 7) is 2.51. The molecule has 0 fully saturated rings. The molecule has 0 bridgehead atoms. The third-order valence-electron chi connectivity index (χ3n) is 2.97. The van der Waals surface area contributed by atoms with Crippen LogP contribution >= 0.6 is 0 Å². The van der Waals surface area contributed by atoms with Gasteiger partial charge in [0.1, 0.15) is 11.5 Å². The molecule has 0 saturated carbocycles. The quantitative estimate of drug-likeness (QED) is 0.826. The van der Waals surface area contributed by atoms with Crippen LogP contribution in [0.4, 0.5) is 5.69 Å². The minimum atomic E-state index is -0.209. The van der Waals surface area contributed by atoms with E-state index in [1.54, 1.807) is 19.3 Å². The smallest absolute Gasteiger partial charge is 0.248 e. The predicted octanol–water partition coefficient (Wildman–Crippen LogP) is 3.75. The molecule has 0 heterocycles. The van der Waals surface area contributed by atoms with E-state index in [4.69, 9.17) is 9.47 Å². The number of methoxy groups -OCH3 is 1. The lowest BCUT2D eigenvalue weighted by Gasteiger charge is -2.07. The van der Waals surface area contributed by atoms with Crippen LogP contribution in [0.15, 0.2) is 54.6 Å². The molecule has 1 N–H and O–H groups in total. The van der Waals surface area contributed by atoms with Crippen LogP contribution in [-0.4, -0.2) is 19.6 Å². The van der Waals surface area contributed by atoms with Crippen LogP contribution in [0.5, 0.6) is 11.5 Å². The number of ether oxygens (including phenoxy) is 2. The molecule has 4 nitrogen and oxygen atoms in total. The van der Waals surface area contributed by atoms with Crippen molar-refractivity contribution in [3.05, 3.63) is 60.2 Å². The highest BCUT2D eigenvalue weighted by atomic mass is 16.5. The van der Waals surface area contributed by atoms with Crippen molar-refractivity contribution in [3.63, 3.8) is 0 Å². The van der Waals surface area contributed by atoms with E-state index in [0.29, 0.717) is 18.0 Å². The first-order valence-corrected chi connectivity index (χ1v) is 7.08. The number of para-hydroxylation sites is 1. The zero-order valence-corrected chi connectivity index (χ0v) is 12.7. The maximum absolute atomic E-state index is 12.0. The number of hydrogen-bond donors (Lipinski definition) is 1. The lowest BCUT2D eigenvalue weighted by atomic mass is 10.2. The number of carbonyl (C=O) groups is 1. The Balaban J connectivity index is 2.05. The van der Waals surface area contributed by atoms with Gasteiger partial charge in [-0.15, -0.1) is 0 Å². The van der Waals surface area contributed by atoms with E-state index in [1.807, 2.05) is 49.4 Å². The number of rotatable bonds is 6. The Labute approximate surface area is 130 Å². The van der Waals surface area contributed by atoms with Crippen LogP contribution in [-0.2, 0) is 4.79 Å². The summed E-state index contributed by atoms with van der Waals surface area (Å²) in [5, 5.41) is 2.79. The summed E-state index contributed by atoms with van der Waals surface area (Å²) in [4.78, 5) is 12.0. The van der Waals surface area contributed by atoms with Gasteiger partial charge in [0.15, 0.2) is 0 Å².